The minimum atomic E-state index is -0.275. The standard InChI is InChI=1S/C21H21NO3/c1-2-15-19(16-10-6-12-24-16)22-20(17-11-7-13-25-17)18(21(15)23)14-8-4-3-5-9-14/h3-13,15,18-20,22H,2H2,1H3/t15-,18+,19+,20+/m0/s1. The topological polar surface area (TPSA) is 55.4 Å². The van der Waals surface area contributed by atoms with Gasteiger partial charge in [-0.05, 0) is 36.2 Å². The molecule has 0 amide bonds. The maximum atomic E-state index is 13.4. The van der Waals surface area contributed by atoms with E-state index in [9.17, 15) is 4.79 Å². The van der Waals surface area contributed by atoms with E-state index in [0.717, 1.165) is 23.5 Å². The van der Waals surface area contributed by atoms with Gasteiger partial charge in [0.1, 0.15) is 17.3 Å². The highest BCUT2D eigenvalue weighted by Gasteiger charge is 2.46. The highest BCUT2D eigenvalue weighted by Crippen LogP contribution is 2.44. The summed E-state index contributed by atoms with van der Waals surface area (Å²) >= 11 is 0. The molecule has 0 bridgehead atoms. The second-order valence-corrected chi connectivity index (χ2v) is 6.46. The number of hydrogen-bond acceptors (Lipinski definition) is 4. The van der Waals surface area contributed by atoms with Crippen molar-refractivity contribution in [2.24, 2.45) is 5.92 Å². The molecule has 4 heteroatoms. The van der Waals surface area contributed by atoms with E-state index in [4.69, 9.17) is 8.83 Å². The predicted molar refractivity (Wildman–Crippen MR) is 94.0 cm³/mol. The number of hydrogen-bond donors (Lipinski definition) is 1. The molecule has 1 saturated heterocycles. The van der Waals surface area contributed by atoms with Crippen LogP contribution in [0, 0.1) is 5.92 Å². The van der Waals surface area contributed by atoms with Gasteiger partial charge in [0.25, 0.3) is 0 Å². The lowest BCUT2D eigenvalue weighted by Gasteiger charge is -2.40. The van der Waals surface area contributed by atoms with Crippen molar-refractivity contribution in [3.63, 3.8) is 0 Å². The van der Waals surface area contributed by atoms with E-state index >= 15 is 0 Å². The van der Waals surface area contributed by atoms with E-state index in [1.165, 1.54) is 0 Å². The molecule has 0 saturated carbocycles. The fourth-order valence-corrected chi connectivity index (χ4v) is 3.88. The van der Waals surface area contributed by atoms with Gasteiger partial charge >= 0.3 is 0 Å². The van der Waals surface area contributed by atoms with Gasteiger partial charge in [-0.3, -0.25) is 10.1 Å². The molecule has 2 aromatic heterocycles. The fraction of sp³-hybridized carbons (Fsp3) is 0.286. The highest BCUT2D eigenvalue weighted by atomic mass is 16.3. The third-order valence-corrected chi connectivity index (χ3v) is 5.06. The SMILES string of the molecule is CC[C@@H]1C(=O)[C@H](c2ccccc2)[C@@H](c2ccco2)N[C@H]1c1ccco1. The third-order valence-electron chi connectivity index (χ3n) is 5.06. The first-order valence-corrected chi connectivity index (χ1v) is 8.71. The molecule has 4 nitrogen and oxygen atoms in total. The number of piperidine rings is 1. The number of carbonyl (C=O) groups is 1. The number of benzene rings is 1. The van der Waals surface area contributed by atoms with E-state index in [2.05, 4.69) is 12.2 Å². The Kier molecular flexibility index (Phi) is 4.28. The molecule has 1 N–H and O–H groups in total. The van der Waals surface area contributed by atoms with Gasteiger partial charge in [0.05, 0.1) is 30.5 Å². The molecule has 0 aliphatic carbocycles. The van der Waals surface area contributed by atoms with E-state index in [1.54, 1.807) is 12.5 Å². The lowest BCUT2D eigenvalue weighted by atomic mass is 9.73. The van der Waals surface area contributed by atoms with Gasteiger partial charge < -0.3 is 8.83 Å². The number of ketones is 1. The molecule has 0 spiro atoms. The van der Waals surface area contributed by atoms with Crippen molar-refractivity contribution in [3.05, 3.63) is 84.2 Å². The van der Waals surface area contributed by atoms with Crippen LogP contribution in [-0.2, 0) is 4.79 Å². The molecule has 128 valence electrons. The Labute approximate surface area is 146 Å². The van der Waals surface area contributed by atoms with E-state index < -0.39 is 0 Å². The average Bonchev–Trinajstić information content (AvgIpc) is 3.35. The molecular weight excluding hydrogens is 314 g/mol. The van der Waals surface area contributed by atoms with Crippen LogP contribution in [0.25, 0.3) is 0 Å². The quantitative estimate of drug-likeness (QED) is 0.755. The van der Waals surface area contributed by atoms with Crippen molar-refractivity contribution in [1.82, 2.24) is 5.32 Å². The van der Waals surface area contributed by atoms with Gasteiger partial charge in [0.15, 0.2) is 0 Å². The number of furan rings is 2. The van der Waals surface area contributed by atoms with Gasteiger partial charge in [-0.25, -0.2) is 0 Å². The van der Waals surface area contributed by atoms with Crippen LogP contribution in [-0.4, -0.2) is 5.78 Å². The Morgan fingerprint density at radius 3 is 2.08 bits per heavy atom. The Morgan fingerprint density at radius 2 is 1.52 bits per heavy atom. The van der Waals surface area contributed by atoms with Gasteiger partial charge in [0.2, 0.25) is 0 Å². The van der Waals surface area contributed by atoms with Gasteiger partial charge in [-0.1, -0.05) is 37.3 Å². The zero-order valence-electron chi connectivity index (χ0n) is 14.1. The summed E-state index contributed by atoms with van der Waals surface area (Å²) in [6.45, 7) is 2.05. The lowest BCUT2D eigenvalue weighted by molar-refractivity contribution is -0.129. The first-order chi connectivity index (χ1) is 12.3. The highest BCUT2D eigenvalue weighted by molar-refractivity contribution is 5.90. The van der Waals surface area contributed by atoms with Crippen molar-refractivity contribution in [3.8, 4) is 0 Å². The Bertz CT molecular complexity index is 808. The van der Waals surface area contributed by atoms with E-state index in [0.29, 0.717) is 0 Å². The van der Waals surface area contributed by atoms with Crippen LogP contribution in [0.3, 0.4) is 0 Å². The summed E-state index contributed by atoms with van der Waals surface area (Å²) in [5.74, 6) is 1.39. The summed E-state index contributed by atoms with van der Waals surface area (Å²) in [7, 11) is 0. The van der Waals surface area contributed by atoms with Gasteiger partial charge in [0, 0.05) is 5.92 Å². The van der Waals surface area contributed by atoms with Crippen LogP contribution < -0.4 is 5.32 Å². The van der Waals surface area contributed by atoms with Crippen LogP contribution in [0.2, 0.25) is 0 Å². The smallest absolute Gasteiger partial charge is 0.147 e. The van der Waals surface area contributed by atoms with Crippen LogP contribution in [0.15, 0.2) is 76.0 Å². The van der Waals surface area contributed by atoms with Crippen molar-refractivity contribution in [2.75, 3.05) is 0 Å². The molecule has 1 aliphatic heterocycles. The zero-order chi connectivity index (χ0) is 17.2. The van der Waals surface area contributed by atoms with Gasteiger partial charge in [-0.15, -0.1) is 0 Å². The molecule has 1 fully saturated rings. The first kappa shape index (κ1) is 15.9. The van der Waals surface area contributed by atoms with Crippen LogP contribution >= 0.6 is 0 Å². The Hall–Kier alpha value is -2.59. The van der Waals surface area contributed by atoms with Crippen LogP contribution in [0.4, 0.5) is 0 Å². The van der Waals surface area contributed by atoms with Crippen molar-refractivity contribution in [2.45, 2.75) is 31.3 Å². The molecule has 25 heavy (non-hydrogen) atoms. The molecular formula is C21H21NO3. The lowest BCUT2D eigenvalue weighted by Crippen LogP contribution is -2.47. The summed E-state index contributed by atoms with van der Waals surface area (Å²) in [5.41, 5.74) is 1.01. The molecule has 1 aromatic carbocycles. The van der Waals surface area contributed by atoms with E-state index in [1.807, 2.05) is 54.6 Å². The number of nitrogens with one attached hydrogen (secondary N) is 1. The summed E-state index contributed by atoms with van der Waals surface area (Å²) in [6, 6.07) is 17.1. The summed E-state index contributed by atoms with van der Waals surface area (Å²) in [4.78, 5) is 13.4. The molecule has 1 aliphatic rings. The minimum absolute atomic E-state index is 0.137. The van der Waals surface area contributed by atoms with Crippen molar-refractivity contribution in [1.29, 1.82) is 0 Å². The summed E-state index contributed by atoms with van der Waals surface area (Å²) < 4.78 is 11.3. The second kappa shape index (κ2) is 6.73. The minimum Gasteiger partial charge on any atom is -0.468 e. The number of rotatable bonds is 4. The molecule has 3 heterocycles. The van der Waals surface area contributed by atoms with Crippen molar-refractivity contribution >= 4 is 5.78 Å². The summed E-state index contributed by atoms with van der Waals surface area (Å²) in [5, 5.41) is 3.63. The van der Waals surface area contributed by atoms with Crippen molar-refractivity contribution < 1.29 is 13.6 Å². The second-order valence-electron chi connectivity index (χ2n) is 6.46. The zero-order valence-corrected chi connectivity index (χ0v) is 14.1. The first-order valence-electron chi connectivity index (χ1n) is 8.71. The normalized spacial score (nSPS) is 26.7. The molecule has 0 unspecified atom stereocenters. The largest absolute Gasteiger partial charge is 0.468 e. The Morgan fingerprint density at radius 1 is 0.880 bits per heavy atom. The summed E-state index contributed by atoms with van der Waals surface area (Å²) in [6.07, 6.45) is 4.06. The van der Waals surface area contributed by atoms with Gasteiger partial charge in [-0.2, -0.15) is 0 Å². The van der Waals surface area contributed by atoms with Crippen LogP contribution in [0.1, 0.15) is 48.4 Å². The molecule has 0 radical (unpaired) electrons. The number of carbonyl (C=O) groups excluding carboxylic acids is 1. The molecule has 4 atom stereocenters. The maximum Gasteiger partial charge on any atom is 0.147 e. The average molecular weight is 335 g/mol. The monoisotopic (exact) mass is 335 g/mol. The third kappa shape index (κ3) is 2.83. The Balaban J connectivity index is 1.79. The molecule has 3 aromatic rings. The maximum absolute atomic E-state index is 13.4. The van der Waals surface area contributed by atoms with Crippen LogP contribution in [0.5, 0.6) is 0 Å². The molecule has 4 rings (SSSR count). The fourth-order valence-electron chi connectivity index (χ4n) is 3.88. The van der Waals surface area contributed by atoms with E-state index in [-0.39, 0.29) is 29.7 Å². The predicted octanol–water partition coefficient (Wildman–Crippen LogP) is 4.64. The number of Topliss-reactive ketones (excluding diaryl/α,β-unsaturated/α-hetero) is 1.